The van der Waals surface area contributed by atoms with Gasteiger partial charge in [-0.15, -0.1) is 0 Å². The molecule has 0 bridgehead atoms. The molecule has 0 radical (unpaired) electrons. The van der Waals surface area contributed by atoms with Crippen LogP contribution in [0.15, 0.2) is 47.5 Å². The molecule has 4 nitrogen and oxygen atoms in total. The zero-order valence-electron chi connectivity index (χ0n) is 15.1. The molecule has 0 heterocycles. The van der Waals surface area contributed by atoms with Crippen molar-refractivity contribution in [1.29, 1.82) is 0 Å². The first-order valence-electron chi connectivity index (χ1n) is 8.84. The van der Waals surface area contributed by atoms with Gasteiger partial charge < -0.3 is 0 Å². The van der Waals surface area contributed by atoms with E-state index in [1.165, 1.54) is 0 Å². The molecular formula is C20H17F5N2O2. The number of nitrogens with zero attached hydrogens (tertiary/aromatic N) is 1. The van der Waals surface area contributed by atoms with Crippen LogP contribution in [0.25, 0.3) is 0 Å². The van der Waals surface area contributed by atoms with Crippen molar-refractivity contribution in [3.05, 3.63) is 70.8 Å². The maximum absolute atomic E-state index is 14.4. The molecule has 1 fully saturated rings. The molecule has 1 saturated carbocycles. The number of amidine groups is 1. The molecular weight excluding hydrogens is 395 g/mol. The van der Waals surface area contributed by atoms with Gasteiger partial charge in [-0.3, -0.25) is 9.63 Å². The lowest BCUT2D eigenvalue weighted by Crippen LogP contribution is -2.31. The molecule has 2 aromatic carbocycles. The quantitative estimate of drug-likeness (QED) is 0.331. The number of hydroxylamine groups is 1. The number of aliphatic imine (C=N–C) groups is 1. The molecule has 1 N–H and O–H groups in total. The van der Waals surface area contributed by atoms with Gasteiger partial charge in [-0.05, 0) is 36.5 Å². The van der Waals surface area contributed by atoms with Crippen molar-refractivity contribution in [2.75, 3.05) is 6.61 Å². The summed E-state index contributed by atoms with van der Waals surface area (Å²) in [7, 11) is 0. The van der Waals surface area contributed by atoms with Crippen molar-refractivity contribution < 1.29 is 31.6 Å². The Kier molecular flexibility index (Phi) is 6.26. The van der Waals surface area contributed by atoms with Gasteiger partial charge in [-0.2, -0.15) is 18.2 Å². The number of carbonyl (C=O) groups excluding carboxylic acids is 1. The number of carbonyl (C=O) groups is 1. The van der Waals surface area contributed by atoms with Gasteiger partial charge in [0, 0.05) is 0 Å². The zero-order valence-corrected chi connectivity index (χ0v) is 15.1. The Bertz CT molecular complexity index is 909. The summed E-state index contributed by atoms with van der Waals surface area (Å²) in [5, 5.41) is 0. The Morgan fingerprint density at radius 2 is 1.79 bits per heavy atom. The highest BCUT2D eigenvalue weighted by molar-refractivity contribution is 6.06. The monoisotopic (exact) mass is 412 g/mol. The number of hydrogen-bond acceptors (Lipinski definition) is 2. The van der Waals surface area contributed by atoms with E-state index in [4.69, 9.17) is 4.84 Å². The predicted molar refractivity (Wildman–Crippen MR) is 94.9 cm³/mol. The summed E-state index contributed by atoms with van der Waals surface area (Å²) >= 11 is 0. The minimum absolute atomic E-state index is 0.143. The van der Waals surface area contributed by atoms with Gasteiger partial charge in [-0.1, -0.05) is 30.3 Å². The van der Waals surface area contributed by atoms with Crippen molar-refractivity contribution in [2.24, 2.45) is 10.9 Å². The molecule has 0 atom stereocenters. The maximum Gasteiger partial charge on any atom is 0.417 e. The van der Waals surface area contributed by atoms with Crippen LogP contribution in [-0.4, -0.2) is 18.3 Å². The molecule has 0 spiro atoms. The summed E-state index contributed by atoms with van der Waals surface area (Å²) in [6.45, 7) is 0.143. The van der Waals surface area contributed by atoms with E-state index in [1.807, 2.05) is 0 Å². The van der Waals surface area contributed by atoms with Gasteiger partial charge in [0.2, 0.25) is 0 Å². The molecule has 0 aliphatic heterocycles. The van der Waals surface area contributed by atoms with Gasteiger partial charge in [0.15, 0.2) is 17.5 Å². The number of benzene rings is 2. The maximum atomic E-state index is 14.4. The molecule has 1 aliphatic carbocycles. The van der Waals surface area contributed by atoms with Crippen molar-refractivity contribution in [2.45, 2.75) is 25.4 Å². The smallest absolute Gasteiger partial charge is 0.274 e. The second-order valence-electron chi connectivity index (χ2n) is 6.65. The van der Waals surface area contributed by atoms with Crippen LogP contribution in [0.4, 0.5) is 22.0 Å². The van der Waals surface area contributed by atoms with E-state index in [1.54, 1.807) is 30.3 Å². The first kappa shape index (κ1) is 20.9. The highest BCUT2D eigenvalue weighted by Gasteiger charge is 2.37. The normalized spacial score (nSPS) is 14.7. The summed E-state index contributed by atoms with van der Waals surface area (Å²) in [6.07, 6.45) is -3.44. The van der Waals surface area contributed by atoms with Crippen LogP contribution in [0.2, 0.25) is 0 Å². The fraction of sp³-hybridized carbons (Fsp3) is 0.300. The van der Waals surface area contributed by atoms with Crippen LogP contribution in [0.1, 0.15) is 29.5 Å². The molecule has 3 rings (SSSR count). The minimum Gasteiger partial charge on any atom is -0.274 e. The Morgan fingerprint density at radius 1 is 1.10 bits per heavy atom. The standard InChI is InChI=1S/C20H17F5N2O2/c21-15-9-8-14(20(23,24)25)17(18(15)22)19(27-29-11-13-6-7-13)26-16(28)10-12-4-2-1-3-5-12/h1-5,8-9,13H,6-7,10-11H2,(H,26,27,28). The Morgan fingerprint density at radius 3 is 2.41 bits per heavy atom. The molecule has 29 heavy (non-hydrogen) atoms. The van der Waals surface area contributed by atoms with Gasteiger partial charge in [0.1, 0.15) is 0 Å². The Hall–Kier alpha value is -2.81. The number of amides is 1. The summed E-state index contributed by atoms with van der Waals surface area (Å²) in [5.74, 6) is -4.71. The third-order valence-electron chi connectivity index (χ3n) is 4.26. The van der Waals surface area contributed by atoms with Crippen molar-refractivity contribution in [1.82, 2.24) is 5.48 Å². The van der Waals surface area contributed by atoms with E-state index < -0.39 is 40.7 Å². The molecule has 154 valence electrons. The summed E-state index contributed by atoms with van der Waals surface area (Å²) in [6, 6.07) is 9.12. The molecule has 2 aromatic rings. The zero-order chi connectivity index (χ0) is 21.0. The largest absolute Gasteiger partial charge is 0.417 e. The highest BCUT2D eigenvalue weighted by Crippen LogP contribution is 2.34. The fourth-order valence-corrected chi connectivity index (χ4v) is 2.60. The second kappa shape index (κ2) is 8.69. The average Bonchev–Trinajstić information content (AvgIpc) is 3.47. The molecule has 0 unspecified atom stereocenters. The number of nitrogens with one attached hydrogen (secondary N) is 1. The lowest BCUT2D eigenvalue weighted by Gasteiger charge is -2.17. The number of halogens is 5. The van der Waals surface area contributed by atoms with Crippen LogP contribution in [-0.2, 0) is 22.2 Å². The molecule has 0 aromatic heterocycles. The van der Waals surface area contributed by atoms with E-state index in [0.29, 0.717) is 17.7 Å². The Labute approximate surface area is 163 Å². The lowest BCUT2D eigenvalue weighted by molar-refractivity contribution is -0.138. The van der Waals surface area contributed by atoms with E-state index >= 15 is 0 Å². The van der Waals surface area contributed by atoms with Gasteiger partial charge in [0.25, 0.3) is 5.91 Å². The predicted octanol–water partition coefficient (Wildman–Crippen LogP) is 4.43. The second-order valence-corrected chi connectivity index (χ2v) is 6.65. The topological polar surface area (TPSA) is 50.7 Å². The van der Waals surface area contributed by atoms with E-state index in [9.17, 15) is 26.7 Å². The first-order chi connectivity index (χ1) is 13.8. The number of rotatable bonds is 6. The SMILES string of the molecule is O=C(Cc1ccccc1)/N=C(\NOCC1CC1)c1c(C(F)(F)F)ccc(F)c1F. The van der Waals surface area contributed by atoms with Gasteiger partial charge in [0.05, 0.1) is 24.2 Å². The highest BCUT2D eigenvalue weighted by atomic mass is 19.4. The Balaban J connectivity index is 1.96. The average molecular weight is 412 g/mol. The lowest BCUT2D eigenvalue weighted by atomic mass is 10.0. The van der Waals surface area contributed by atoms with Crippen LogP contribution in [0, 0.1) is 17.6 Å². The van der Waals surface area contributed by atoms with Crippen molar-refractivity contribution in [3.63, 3.8) is 0 Å². The minimum atomic E-state index is -4.99. The molecule has 1 amide bonds. The van der Waals surface area contributed by atoms with Crippen LogP contribution in [0.5, 0.6) is 0 Å². The van der Waals surface area contributed by atoms with E-state index in [2.05, 4.69) is 10.5 Å². The summed E-state index contributed by atoms with van der Waals surface area (Å²) in [5.41, 5.74) is 0.0254. The van der Waals surface area contributed by atoms with Gasteiger partial charge in [-0.25, -0.2) is 14.3 Å². The van der Waals surface area contributed by atoms with E-state index in [-0.39, 0.29) is 18.9 Å². The van der Waals surface area contributed by atoms with Crippen molar-refractivity contribution >= 4 is 11.7 Å². The fourth-order valence-electron chi connectivity index (χ4n) is 2.60. The van der Waals surface area contributed by atoms with Crippen LogP contribution >= 0.6 is 0 Å². The first-order valence-corrected chi connectivity index (χ1v) is 8.84. The summed E-state index contributed by atoms with van der Waals surface area (Å²) < 4.78 is 68.2. The van der Waals surface area contributed by atoms with Crippen molar-refractivity contribution in [3.8, 4) is 0 Å². The van der Waals surface area contributed by atoms with Gasteiger partial charge >= 0.3 is 6.18 Å². The molecule has 9 heteroatoms. The molecule has 1 aliphatic rings. The third kappa shape index (κ3) is 5.60. The van der Waals surface area contributed by atoms with Crippen LogP contribution in [0.3, 0.4) is 0 Å². The third-order valence-corrected chi connectivity index (χ3v) is 4.26. The van der Waals surface area contributed by atoms with E-state index in [0.717, 1.165) is 12.8 Å². The van der Waals surface area contributed by atoms with Crippen LogP contribution < -0.4 is 5.48 Å². The number of alkyl halides is 3. The summed E-state index contributed by atoms with van der Waals surface area (Å²) in [4.78, 5) is 21.0. The number of hydrogen-bond donors (Lipinski definition) is 1. The molecule has 0 saturated heterocycles.